The van der Waals surface area contributed by atoms with Crippen molar-refractivity contribution in [3.8, 4) is 0 Å². The van der Waals surface area contributed by atoms with Gasteiger partial charge in [-0.3, -0.25) is 0 Å². The number of carbonyl (C=O) groups excluding carboxylic acids is 1. The third-order valence-corrected chi connectivity index (χ3v) is 4.25. The van der Waals surface area contributed by atoms with Gasteiger partial charge in [-0.15, -0.1) is 0 Å². The van der Waals surface area contributed by atoms with Gasteiger partial charge in [0.2, 0.25) is 0 Å². The first-order valence-corrected chi connectivity index (χ1v) is 7.09. The number of carboxylic acids is 1. The molecule has 0 heterocycles. The van der Waals surface area contributed by atoms with Crippen LogP contribution in [-0.4, -0.2) is 28.7 Å². The molecular formula is C14H26N2O3. The number of hydrogen-bond acceptors (Lipinski definition) is 2. The quantitative estimate of drug-likeness (QED) is 0.733. The SMILES string of the molecule is CC1CCC(NC(=O)NC(C)C(C)C)(C(=O)O)CC1. The molecule has 19 heavy (non-hydrogen) atoms. The van der Waals surface area contributed by atoms with E-state index >= 15 is 0 Å². The predicted octanol–water partition coefficient (Wildman–Crippen LogP) is 2.36. The zero-order chi connectivity index (χ0) is 14.6. The number of rotatable bonds is 4. The van der Waals surface area contributed by atoms with E-state index in [1.807, 2.05) is 20.8 Å². The molecule has 0 aromatic rings. The van der Waals surface area contributed by atoms with Crippen molar-refractivity contribution in [2.24, 2.45) is 11.8 Å². The highest BCUT2D eigenvalue weighted by molar-refractivity contribution is 5.86. The van der Waals surface area contributed by atoms with Crippen molar-refractivity contribution >= 4 is 12.0 Å². The van der Waals surface area contributed by atoms with Crippen LogP contribution in [0.1, 0.15) is 53.4 Å². The van der Waals surface area contributed by atoms with Gasteiger partial charge in [0.05, 0.1) is 0 Å². The van der Waals surface area contributed by atoms with Gasteiger partial charge in [-0.1, -0.05) is 20.8 Å². The maximum absolute atomic E-state index is 11.9. The van der Waals surface area contributed by atoms with Crippen LogP contribution in [0.25, 0.3) is 0 Å². The molecule has 5 nitrogen and oxygen atoms in total. The Morgan fingerprint density at radius 3 is 2.16 bits per heavy atom. The number of carbonyl (C=O) groups is 2. The summed E-state index contributed by atoms with van der Waals surface area (Å²) < 4.78 is 0. The van der Waals surface area contributed by atoms with Gasteiger partial charge >= 0.3 is 12.0 Å². The van der Waals surface area contributed by atoms with Crippen LogP contribution in [0.15, 0.2) is 0 Å². The van der Waals surface area contributed by atoms with Gasteiger partial charge in [0.1, 0.15) is 5.54 Å². The summed E-state index contributed by atoms with van der Waals surface area (Å²) in [6.45, 7) is 8.06. The number of aliphatic carboxylic acids is 1. The van der Waals surface area contributed by atoms with Crippen molar-refractivity contribution in [2.75, 3.05) is 0 Å². The Balaban J connectivity index is 2.64. The molecule has 1 fully saturated rings. The first kappa shape index (κ1) is 15.8. The third kappa shape index (κ3) is 4.11. The smallest absolute Gasteiger partial charge is 0.329 e. The molecule has 0 aliphatic heterocycles. The molecule has 0 aromatic heterocycles. The van der Waals surface area contributed by atoms with Crippen molar-refractivity contribution in [1.29, 1.82) is 0 Å². The first-order valence-electron chi connectivity index (χ1n) is 7.09. The fourth-order valence-electron chi connectivity index (χ4n) is 2.27. The summed E-state index contributed by atoms with van der Waals surface area (Å²) in [7, 11) is 0. The average molecular weight is 270 g/mol. The van der Waals surface area contributed by atoms with Crippen molar-refractivity contribution in [1.82, 2.24) is 10.6 Å². The summed E-state index contributed by atoms with van der Waals surface area (Å²) in [6.07, 6.45) is 2.69. The molecule has 1 rings (SSSR count). The molecule has 0 bridgehead atoms. The van der Waals surface area contributed by atoms with Crippen LogP contribution < -0.4 is 10.6 Å². The zero-order valence-electron chi connectivity index (χ0n) is 12.3. The fraction of sp³-hybridized carbons (Fsp3) is 0.857. The number of urea groups is 1. The van der Waals surface area contributed by atoms with E-state index < -0.39 is 11.5 Å². The summed E-state index contributed by atoms with van der Waals surface area (Å²) in [6, 6.07) is -0.355. The summed E-state index contributed by atoms with van der Waals surface area (Å²) in [4.78, 5) is 23.4. The Hall–Kier alpha value is -1.26. The van der Waals surface area contributed by atoms with Gasteiger partial charge in [0, 0.05) is 6.04 Å². The molecule has 1 atom stereocenters. The lowest BCUT2D eigenvalue weighted by molar-refractivity contribution is -0.146. The number of hydrogen-bond donors (Lipinski definition) is 3. The summed E-state index contributed by atoms with van der Waals surface area (Å²) in [5, 5.41) is 14.9. The Labute approximate surface area is 115 Å². The fourth-order valence-corrected chi connectivity index (χ4v) is 2.27. The molecule has 5 heteroatoms. The van der Waals surface area contributed by atoms with E-state index in [-0.39, 0.29) is 12.1 Å². The normalized spacial score (nSPS) is 28.8. The molecule has 1 aliphatic carbocycles. The van der Waals surface area contributed by atoms with Crippen LogP contribution in [0, 0.1) is 11.8 Å². The molecule has 2 amide bonds. The first-order chi connectivity index (χ1) is 8.77. The van der Waals surface area contributed by atoms with E-state index in [0.29, 0.717) is 24.7 Å². The van der Waals surface area contributed by atoms with E-state index in [1.54, 1.807) is 0 Å². The minimum Gasteiger partial charge on any atom is -0.480 e. The van der Waals surface area contributed by atoms with Crippen LogP contribution in [0.4, 0.5) is 4.79 Å². The molecule has 0 saturated heterocycles. The van der Waals surface area contributed by atoms with Crippen LogP contribution in [-0.2, 0) is 4.79 Å². The Morgan fingerprint density at radius 1 is 1.21 bits per heavy atom. The highest BCUT2D eigenvalue weighted by Crippen LogP contribution is 2.32. The van der Waals surface area contributed by atoms with Crippen LogP contribution >= 0.6 is 0 Å². The van der Waals surface area contributed by atoms with Crippen molar-refractivity contribution in [2.45, 2.75) is 65.0 Å². The second-order valence-electron chi connectivity index (χ2n) is 6.20. The summed E-state index contributed by atoms with van der Waals surface area (Å²) in [5.41, 5.74) is -1.09. The Bertz CT molecular complexity index is 334. The molecule has 0 aromatic carbocycles. The average Bonchev–Trinajstić information content (AvgIpc) is 2.31. The number of carboxylic acid groups (broad SMARTS) is 1. The number of amides is 2. The van der Waals surface area contributed by atoms with Gasteiger partial charge in [-0.05, 0) is 44.4 Å². The highest BCUT2D eigenvalue weighted by Gasteiger charge is 2.42. The molecule has 110 valence electrons. The maximum Gasteiger partial charge on any atom is 0.329 e. The van der Waals surface area contributed by atoms with E-state index in [1.165, 1.54) is 0 Å². The van der Waals surface area contributed by atoms with E-state index in [9.17, 15) is 14.7 Å². The van der Waals surface area contributed by atoms with E-state index in [4.69, 9.17) is 0 Å². The Morgan fingerprint density at radius 2 is 1.74 bits per heavy atom. The standard InChI is InChI=1S/C14H26N2O3/c1-9(2)11(4)15-13(19)16-14(12(17)18)7-5-10(3)6-8-14/h9-11H,5-8H2,1-4H3,(H,17,18)(H2,15,16,19). The monoisotopic (exact) mass is 270 g/mol. The lowest BCUT2D eigenvalue weighted by Crippen LogP contribution is -2.59. The molecule has 1 unspecified atom stereocenters. The predicted molar refractivity (Wildman–Crippen MR) is 74.0 cm³/mol. The van der Waals surface area contributed by atoms with Crippen molar-refractivity contribution in [3.05, 3.63) is 0 Å². The van der Waals surface area contributed by atoms with Gasteiger partial charge in [-0.2, -0.15) is 0 Å². The summed E-state index contributed by atoms with van der Waals surface area (Å²) in [5.74, 6) is -0.0726. The minimum atomic E-state index is -1.09. The molecule has 0 radical (unpaired) electrons. The molecule has 1 saturated carbocycles. The molecule has 3 N–H and O–H groups in total. The van der Waals surface area contributed by atoms with Gasteiger partial charge < -0.3 is 15.7 Å². The largest absolute Gasteiger partial charge is 0.480 e. The van der Waals surface area contributed by atoms with Crippen LogP contribution in [0.5, 0.6) is 0 Å². The van der Waals surface area contributed by atoms with E-state index in [2.05, 4.69) is 17.6 Å². The van der Waals surface area contributed by atoms with Crippen molar-refractivity contribution < 1.29 is 14.7 Å². The number of nitrogens with one attached hydrogen (secondary N) is 2. The van der Waals surface area contributed by atoms with Crippen molar-refractivity contribution in [3.63, 3.8) is 0 Å². The highest BCUT2D eigenvalue weighted by atomic mass is 16.4. The van der Waals surface area contributed by atoms with Gasteiger partial charge in [-0.25, -0.2) is 9.59 Å². The second-order valence-corrected chi connectivity index (χ2v) is 6.20. The van der Waals surface area contributed by atoms with Gasteiger partial charge in [0.25, 0.3) is 0 Å². The van der Waals surface area contributed by atoms with E-state index in [0.717, 1.165) is 12.8 Å². The van der Waals surface area contributed by atoms with Crippen LogP contribution in [0.2, 0.25) is 0 Å². The zero-order valence-corrected chi connectivity index (χ0v) is 12.3. The second kappa shape index (κ2) is 6.26. The summed E-state index contributed by atoms with van der Waals surface area (Å²) >= 11 is 0. The lowest BCUT2D eigenvalue weighted by atomic mass is 9.77. The molecular weight excluding hydrogens is 244 g/mol. The maximum atomic E-state index is 11.9. The topological polar surface area (TPSA) is 78.4 Å². The molecule has 1 aliphatic rings. The lowest BCUT2D eigenvalue weighted by Gasteiger charge is -2.36. The van der Waals surface area contributed by atoms with Gasteiger partial charge in [0.15, 0.2) is 0 Å². The van der Waals surface area contributed by atoms with Crippen LogP contribution in [0.3, 0.4) is 0 Å². The minimum absolute atomic E-state index is 0.0216. The third-order valence-electron chi connectivity index (χ3n) is 4.25. The molecule has 0 spiro atoms. The Kier molecular flexibility index (Phi) is 5.20.